The molecule has 2 aliphatic carbocycles. The molecule has 1 amide bonds. The molecule has 0 unspecified atom stereocenters. The summed E-state index contributed by atoms with van der Waals surface area (Å²) in [5.41, 5.74) is 6.44. The van der Waals surface area contributed by atoms with Crippen LogP contribution in [0.25, 0.3) is 0 Å². The first-order valence-corrected chi connectivity index (χ1v) is 18.4. The molecule has 2 fully saturated rings. The number of likely N-dealkylation sites (N-methyl/N-ethyl adjacent to an activating group) is 1. The Balaban J connectivity index is 1.15. The average Bonchev–Trinajstić information content (AvgIpc) is 3.83. The van der Waals surface area contributed by atoms with Crippen LogP contribution in [0.5, 0.6) is 6.01 Å². The van der Waals surface area contributed by atoms with Crippen molar-refractivity contribution in [2.24, 2.45) is 5.41 Å². The normalized spacial score (nSPS) is 23.6. The summed E-state index contributed by atoms with van der Waals surface area (Å²) in [7, 11) is 5.73. The minimum Gasteiger partial charge on any atom is -0.463 e. The third-order valence-electron chi connectivity index (χ3n) is 11.7. The largest absolute Gasteiger partial charge is 0.463 e. The highest BCUT2D eigenvalue weighted by Crippen LogP contribution is 2.49. The fraction of sp³-hybridized carbons (Fsp3) is 0.622. The van der Waals surface area contributed by atoms with E-state index in [9.17, 15) is 4.79 Å². The van der Waals surface area contributed by atoms with Crippen molar-refractivity contribution >= 4 is 23.3 Å². The zero-order valence-corrected chi connectivity index (χ0v) is 29.6. The Kier molecular flexibility index (Phi) is 8.40. The van der Waals surface area contributed by atoms with Crippen molar-refractivity contribution in [2.45, 2.75) is 89.4 Å². The molecule has 48 heavy (non-hydrogen) atoms. The maximum atomic E-state index is 12.9. The quantitative estimate of drug-likeness (QED) is 0.335. The molecule has 5 heterocycles. The Labute approximate surface area is 289 Å². The molecule has 3 aliphatic heterocycles. The number of anilines is 1. The van der Waals surface area contributed by atoms with Crippen molar-refractivity contribution in [3.63, 3.8) is 0 Å². The van der Waals surface area contributed by atoms with Gasteiger partial charge in [-0.15, -0.1) is 0 Å². The maximum Gasteiger partial charge on any atom is 0.318 e. The Morgan fingerprint density at radius 1 is 0.979 bits per heavy atom. The smallest absolute Gasteiger partial charge is 0.318 e. The number of aryl methyl sites for hydroxylation is 2. The summed E-state index contributed by atoms with van der Waals surface area (Å²) in [6, 6.07) is 9.48. The van der Waals surface area contributed by atoms with Gasteiger partial charge in [-0.25, -0.2) is 0 Å². The molecule has 1 saturated carbocycles. The van der Waals surface area contributed by atoms with Crippen LogP contribution in [0.15, 0.2) is 24.3 Å². The van der Waals surface area contributed by atoms with Crippen LogP contribution in [0.2, 0.25) is 5.02 Å². The zero-order valence-electron chi connectivity index (χ0n) is 28.8. The Morgan fingerprint density at radius 3 is 2.58 bits per heavy atom. The summed E-state index contributed by atoms with van der Waals surface area (Å²) in [4.78, 5) is 32.4. The molecule has 10 nitrogen and oxygen atoms in total. The number of amides is 1. The van der Waals surface area contributed by atoms with E-state index in [0.717, 1.165) is 62.5 Å². The first kappa shape index (κ1) is 32.0. The molecule has 1 atom stereocenters. The highest BCUT2D eigenvalue weighted by atomic mass is 35.5. The fourth-order valence-corrected chi connectivity index (χ4v) is 9.03. The molecule has 0 bridgehead atoms. The molecule has 0 N–H and O–H groups in total. The minimum atomic E-state index is -0.180. The van der Waals surface area contributed by atoms with Gasteiger partial charge in [-0.05, 0) is 82.6 Å². The number of carbonyl (C=O) groups excluding carboxylic acids is 1. The van der Waals surface area contributed by atoms with Gasteiger partial charge in [-0.1, -0.05) is 42.3 Å². The summed E-state index contributed by atoms with van der Waals surface area (Å²) >= 11 is 6.91. The van der Waals surface area contributed by atoms with Crippen LogP contribution >= 0.6 is 11.6 Å². The van der Waals surface area contributed by atoms with E-state index in [4.69, 9.17) is 26.3 Å². The Bertz CT molecular complexity index is 1700. The van der Waals surface area contributed by atoms with Crippen molar-refractivity contribution < 1.29 is 9.53 Å². The molecule has 1 spiro atoms. The summed E-state index contributed by atoms with van der Waals surface area (Å²) in [5, 5.41) is 5.10. The van der Waals surface area contributed by atoms with Gasteiger partial charge in [-0.2, -0.15) is 15.1 Å². The second kappa shape index (κ2) is 12.6. The highest BCUT2D eigenvalue weighted by Gasteiger charge is 2.47. The number of hydrogen-bond donors (Lipinski definition) is 0. The monoisotopic (exact) mass is 672 g/mol. The van der Waals surface area contributed by atoms with E-state index in [2.05, 4.69) is 51.1 Å². The van der Waals surface area contributed by atoms with Gasteiger partial charge in [0.05, 0.1) is 35.1 Å². The van der Waals surface area contributed by atoms with Crippen LogP contribution < -0.4 is 9.64 Å². The molecule has 1 saturated heterocycles. The van der Waals surface area contributed by atoms with Gasteiger partial charge in [0.1, 0.15) is 5.82 Å². The third-order valence-corrected chi connectivity index (χ3v) is 12.1. The number of carbonyl (C=O) groups is 1. The van der Waals surface area contributed by atoms with Crippen LogP contribution in [0, 0.1) is 5.41 Å². The number of benzene rings is 1. The summed E-state index contributed by atoms with van der Waals surface area (Å²) in [6.45, 7) is 6.95. The predicted octanol–water partition coefficient (Wildman–Crippen LogP) is 5.30. The van der Waals surface area contributed by atoms with Gasteiger partial charge in [0.15, 0.2) is 5.69 Å². The lowest BCUT2D eigenvalue weighted by Crippen LogP contribution is -2.51. The number of hydrogen-bond acceptors (Lipinski definition) is 8. The van der Waals surface area contributed by atoms with E-state index in [0.29, 0.717) is 36.4 Å². The summed E-state index contributed by atoms with van der Waals surface area (Å²) < 4.78 is 8.57. The van der Waals surface area contributed by atoms with Crippen LogP contribution in [0.4, 0.5) is 5.82 Å². The van der Waals surface area contributed by atoms with E-state index >= 15 is 0 Å². The number of ether oxygens (including phenoxy) is 1. The van der Waals surface area contributed by atoms with Crippen molar-refractivity contribution in [1.29, 1.82) is 0 Å². The van der Waals surface area contributed by atoms with Gasteiger partial charge in [0, 0.05) is 57.7 Å². The van der Waals surface area contributed by atoms with Crippen LogP contribution in [0.1, 0.15) is 89.9 Å². The van der Waals surface area contributed by atoms with E-state index in [-0.39, 0.29) is 16.9 Å². The lowest BCUT2D eigenvalue weighted by Gasteiger charge is -2.49. The Hall–Kier alpha value is -3.21. The summed E-state index contributed by atoms with van der Waals surface area (Å²) in [5.74, 6) is 0.744. The number of aromatic nitrogens is 4. The van der Waals surface area contributed by atoms with Gasteiger partial charge in [0.25, 0.3) is 5.91 Å². The maximum absolute atomic E-state index is 12.9. The molecule has 1 aromatic carbocycles. The zero-order chi connectivity index (χ0) is 33.0. The molecule has 11 heteroatoms. The highest BCUT2D eigenvalue weighted by molar-refractivity contribution is 6.34. The number of fused-ring (bicyclic) bond motifs is 4. The van der Waals surface area contributed by atoms with E-state index in [1.54, 1.807) is 14.1 Å². The molecule has 256 valence electrons. The minimum absolute atomic E-state index is 0.0983. The van der Waals surface area contributed by atoms with Crippen LogP contribution in [0.3, 0.4) is 0 Å². The number of nitrogens with zero attached hydrogens (tertiary/aromatic N) is 8. The SMILES string of the molecule is CN(C)C(=O)c1nn2c(c1Cl)CN(c1nc(OCC3(CN4CCCCC4)CC3)nc3c1CN(C)[C@@]1(CCCc4ccccc41)C3)CCC2. The molecule has 2 aromatic heterocycles. The third kappa shape index (κ3) is 5.77. The molecule has 3 aromatic rings. The van der Waals surface area contributed by atoms with Crippen LogP contribution in [-0.2, 0) is 38.0 Å². The molecular weight excluding hydrogens is 624 g/mol. The van der Waals surface area contributed by atoms with Crippen molar-refractivity contribution in [3.05, 3.63) is 63.1 Å². The van der Waals surface area contributed by atoms with Gasteiger partial charge < -0.3 is 19.4 Å². The van der Waals surface area contributed by atoms with Crippen LogP contribution in [-0.4, -0.2) is 94.3 Å². The van der Waals surface area contributed by atoms with Crippen molar-refractivity contribution in [1.82, 2.24) is 34.4 Å². The fourth-order valence-electron chi connectivity index (χ4n) is 8.75. The first-order chi connectivity index (χ1) is 23.3. The standard InChI is InChI=1S/C37H49ClN8O2/c1-42(2)34(47)32-31(38)30-23-45(19-10-20-46(30)41-32)33-27-22-43(3)37(14-9-12-26-11-5-6-13-28(26)37)21-29(27)39-35(40-33)48-25-36(15-16-36)24-44-17-7-4-8-18-44/h5-6,11,13H,4,7-10,12,14-25H2,1-3H3/t37-/m0/s1. The molecule has 8 rings (SSSR count). The molecular formula is C37H49ClN8O2. The summed E-state index contributed by atoms with van der Waals surface area (Å²) in [6.07, 6.45) is 11.5. The second-order valence-corrected chi connectivity index (χ2v) is 15.6. The number of piperidine rings is 1. The van der Waals surface area contributed by atoms with Gasteiger partial charge in [-0.3, -0.25) is 14.4 Å². The van der Waals surface area contributed by atoms with Crippen molar-refractivity contribution in [3.8, 4) is 6.01 Å². The number of halogens is 1. The predicted molar refractivity (Wildman–Crippen MR) is 187 cm³/mol. The molecule has 5 aliphatic rings. The number of rotatable bonds is 7. The lowest BCUT2D eigenvalue weighted by molar-refractivity contribution is 0.0721. The topological polar surface area (TPSA) is 82.9 Å². The van der Waals surface area contributed by atoms with E-state index in [1.165, 1.54) is 73.2 Å². The van der Waals surface area contributed by atoms with E-state index in [1.807, 2.05) is 4.68 Å². The van der Waals surface area contributed by atoms with Crippen molar-refractivity contribution in [2.75, 3.05) is 58.8 Å². The molecule has 0 radical (unpaired) electrons. The average molecular weight is 673 g/mol. The second-order valence-electron chi connectivity index (χ2n) is 15.3. The van der Waals surface area contributed by atoms with Gasteiger partial charge >= 0.3 is 6.01 Å². The Morgan fingerprint density at radius 2 is 1.79 bits per heavy atom. The first-order valence-electron chi connectivity index (χ1n) is 18.0. The van der Waals surface area contributed by atoms with Gasteiger partial charge in [0.2, 0.25) is 0 Å². The lowest BCUT2D eigenvalue weighted by atomic mass is 9.71. The number of likely N-dealkylation sites (tertiary alicyclic amines) is 1. The van der Waals surface area contributed by atoms with E-state index < -0.39 is 0 Å².